The normalized spacial score (nSPS) is 10.6. The summed E-state index contributed by atoms with van der Waals surface area (Å²) in [7, 11) is 1.21. The lowest BCUT2D eigenvalue weighted by molar-refractivity contribution is -0.135. The summed E-state index contributed by atoms with van der Waals surface area (Å²) in [5, 5.41) is 17.0. The third kappa shape index (κ3) is 3.54. The number of benzene rings is 1. The van der Waals surface area contributed by atoms with Crippen molar-refractivity contribution in [1.29, 1.82) is 0 Å². The van der Waals surface area contributed by atoms with Crippen LogP contribution in [0.5, 0.6) is 0 Å². The highest BCUT2D eigenvalue weighted by molar-refractivity contribution is 5.97. The van der Waals surface area contributed by atoms with Gasteiger partial charge in [0.1, 0.15) is 17.8 Å². The Morgan fingerprint density at radius 2 is 2.07 bits per heavy atom. The highest BCUT2D eigenvalue weighted by Crippen LogP contribution is 2.23. The molecule has 0 saturated heterocycles. The van der Waals surface area contributed by atoms with Gasteiger partial charge in [0.2, 0.25) is 0 Å². The van der Waals surface area contributed by atoms with Crippen LogP contribution in [0.4, 0.5) is 0 Å². The average molecular weight is 370 g/mol. The number of fused-ring (bicyclic) bond motifs is 1. The first-order valence-corrected chi connectivity index (χ1v) is 7.70. The highest BCUT2D eigenvalue weighted by Gasteiger charge is 2.22. The smallest absolute Gasteiger partial charge is 0.341 e. The van der Waals surface area contributed by atoms with Crippen molar-refractivity contribution in [1.82, 2.24) is 20.1 Å². The fourth-order valence-electron chi connectivity index (χ4n) is 2.51. The molecule has 0 bridgehead atoms. The number of hydrogen-bond acceptors (Lipinski definition) is 6. The van der Waals surface area contributed by atoms with Gasteiger partial charge >= 0.3 is 11.9 Å². The quantitative estimate of drug-likeness (QED) is 0.547. The number of nitrogens with one attached hydrogen (secondary N) is 2. The number of carbonyl (C=O) groups is 3. The Labute approximate surface area is 151 Å². The van der Waals surface area contributed by atoms with Crippen molar-refractivity contribution in [2.24, 2.45) is 0 Å². The number of pyridine rings is 1. The van der Waals surface area contributed by atoms with Gasteiger partial charge in [-0.05, 0) is 18.2 Å². The second-order valence-corrected chi connectivity index (χ2v) is 5.51. The van der Waals surface area contributed by atoms with Crippen molar-refractivity contribution in [3.05, 3.63) is 58.1 Å². The summed E-state index contributed by atoms with van der Waals surface area (Å²) in [5.41, 5.74) is 0.659. The minimum Gasteiger partial charge on any atom is -0.480 e. The second-order valence-electron chi connectivity index (χ2n) is 5.51. The molecule has 3 N–H and O–H groups in total. The van der Waals surface area contributed by atoms with E-state index in [1.54, 1.807) is 12.1 Å². The van der Waals surface area contributed by atoms with Gasteiger partial charge in [-0.25, -0.2) is 9.89 Å². The lowest BCUT2D eigenvalue weighted by Gasteiger charge is -2.13. The van der Waals surface area contributed by atoms with Gasteiger partial charge in [0.15, 0.2) is 0 Å². The van der Waals surface area contributed by atoms with E-state index in [0.29, 0.717) is 5.69 Å². The van der Waals surface area contributed by atoms with Gasteiger partial charge in [-0.3, -0.25) is 14.4 Å². The average Bonchev–Trinajstić information content (AvgIpc) is 3.05. The van der Waals surface area contributed by atoms with Gasteiger partial charge in [-0.2, -0.15) is 5.10 Å². The fraction of sp³-hybridized carbons (Fsp3) is 0.118. The Hall–Kier alpha value is -3.95. The van der Waals surface area contributed by atoms with Crippen LogP contribution in [0.15, 0.2) is 41.5 Å². The van der Waals surface area contributed by atoms with E-state index in [1.807, 2.05) is 0 Å². The van der Waals surface area contributed by atoms with Crippen molar-refractivity contribution >= 4 is 17.8 Å². The molecular formula is C17H14N4O6. The maximum atomic E-state index is 12.1. The molecule has 27 heavy (non-hydrogen) atoms. The number of esters is 1. The van der Waals surface area contributed by atoms with E-state index >= 15 is 0 Å². The van der Waals surface area contributed by atoms with Gasteiger partial charge in [0.25, 0.3) is 11.5 Å². The molecule has 0 saturated carbocycles. The molecular weight excluding hydrogens is 356 g/mol. The summed E-state index contributed by atoms with van der Waals surface area (Å²) in [5.74, 6) is -2.40. The van der Waals surface area contributed by atoms with Crippen LogP contribution in [-0.2, 0) is 9.53 Å². The Morgan fingerprint density at radius 1 is 1.30 bits per heavy atom. The Morgan fingerprint density at radius 3 is 2.78 bits per heavy atom. The molecule has 0 unspecified atom stereocenters. The summed E-state index contributed by atoms with van der Waals surface area (Å²) < 4.78 is 6.22. The molecule has 2 aliphatic heterocycles. The number of methoxy groups -OCH3 is 1. The van der Waals surface area contributed by atoms with Crippen LogP contribution in [0.2, 0.25) is 0 Å². The fourth-order valence-corrected chi connectivity index (χ4v) is 2.51. The van der Waals surface area contributed by atoms with Crippen molar-refractivity contribution in [3.63, 3.8) is 0 Å². The first-order chi connectivity index (χ1) is 12.9. The van der Waals surface area contributed by atoms with E-state index in [0.717, 1.165) is 0 Å². The number of nitrogens with zero attached hydrogens (tertiary/aromatic N) is 2. The van der Waals surface area contributed by atoms with Crippen LogP contribution in [-0.4, -0.2) is 51.4 Å². The van der Waals surface area contributed by atoms with Crippen LogP contribution in [0.3, 0.4) is 0 Å². The monoisotopic (exact) mass is 370 g/mol. The molecule has 3 rings (SSSR count). The zero-order chi connectivity index (χ0) is 19.6. The first-order valence-electron chi connectivity index (χ1n) is 7.70. The minimum absolute atomic E-state index is 0.0779. The van der Waals surface area contributed by atoms with E-state index < -0.39 is 29.9 Å². The molecule has 10 heteroatoms. The van der Waals surface area contributed by atoms with Crippen LogP contribution in [0, 0.1) is 0 Å². The standard InChI is InChI=1S/C17H14N4O6/c1-27-17(26)12-8-21(7-11-14(12)19-20-16(11)25)10-4-2-3-9(5-10)15(24)18-6-13(22)23/h2-5,7-8H,6H2,1H3,(H,18,24)(H,20,25)(H,22,23). The van der Waals surface area contributed by atoms with Gasteiger partial charge in [0.05, 0.1) is 12.7 Å². The van der Waals surface area contributed by atoms with Gasteiger partial charge in [-0.15, -0.1) is 0 Å². The molecule has 0 aliphatic carbocycles. The number of carbonyl (C=O) groups excluding carboxylic acids is 2. The molecule has 0 aromatic heterocycles. The zero-order valence-corrected chi connectivity index (χ0v) is 14.1. The zero-order valence-electron chi connectivity index (χ0n) is 14.1. The van der Waals surface area contributed by atoms with E-state index in [2.05, 4.69) is 15.5 Å². The number of aromatic nitrogens is 3. The highest BCUT2D eigenvalue weighted by atomic mass is 16.5. The molecule has 0 atom stereocenters. The second kappa shape index (κ2) is 7.12. The Kier molecular flexibility index (Phi) is 4.71. The molecule has 1 aromatic rings. The van der Waals surface area contributed by atoms with E-state index in [4.69, 9.17) is 9.84 Å². The molecule has 1 amide bonds. The predicted molar refractivity (Wildman–Crippen MR) is 92.1 cm³/mol. The number of amides is 1. The molecule has 0 spiro atoms. The largest absolute Gasteiger partial charge is 0.480 e. The predicted octanol–water partition coefficient (Wildman–Crippen LogP) is 0.266. The summed E-state index contributed by atoms with van der Waals surface area (Å²) in [6.07, 6.45) is 2.91. The number of H-pyrrole nitrogens is 1. The molecule has 138 valence electrons. The van der Waals surface area contributed by atoms with Crippen LogP contribution < -0.4 is 10.9 Å². The summed E-state index contributed by atoms with van der Waals surface area (Å²) in [6.45, 7) is -0.511. The summed E-state index contributed by atoms with van der Waals surface area (Å²) in [6, 6.07) is 6.26. The molecule has 2 aliphatic rings. The van der Waals surface area contributed by atoms with Crippen LogP contribution >= 0.6 is 0 Å². The molecule has 2 heterocycles. The van der Waals surface area contributed by atoms with Crippen molar-refractivity contribution in [2.75, 3.05) is 13.7 Å². The molecule has 10 nitrogen and oxygen atoms in total. The third-order valence-electron chi connectivity index (χ3n) is 3.77. The number of rotatable bonds is 5. The number of hydrogen-bond donors (Lipinski definition) is 3. The van der Waals surface area contributed by atoms with Gasteiger partial charge < -0.3 is 19.7 Å². The van der Waals surface area contributed by atoms with E-state index in [9.17, 15) is 19.2 Å². The lowest BCUT2D eigenvalue weighted by Crippen LogP contribution is -2.29. The number of aliphatic carboxylic acids is 1. The lowest BCUT2D eigenvalue weighted by atomic mass is 10.1. The van der Waals surface area contributed by atoms with Crippen molar-refractivity contribution in [2.45, 2.75) is 0 Å². The Balaban J connectivity index is 2.06. The number of aromatic amines is 1. The van der Waals surface area contributed by atoms with Crippen molar-refractivity contribution in [3.8, 4) is 16.9 Å². The van der Waals surface area contributed by atoms with Gasteiger partial charge in [-0.1, -0.05) is 6.07 Å². The maximum absolute atomic E-state index is 12.1. The Bertz CT molecular complexity index is 1070. The topological polar surface area (TPSA) is 143 Å². The number of carboxylic acid groups (broad SMARTS) is 1. The minimum atomic E-state index is -1.16. The van der Waals surface area contributed by atoms with Crippen LogP contribution in [0.25, 0.3) is 16.9 Å². The SMILES string of the molecule is COC(=O)c1cn(-c2cccc(C(=O)NCC(=O)O)c2)cc2c(=O)[nH]nc1-2. The van der Waals surface area contributed by atoms with Gasteiger partial charge in [0, 0.05) is 23.6 Å². The third-order valence-corrected chi connectivity index (χ3v) is 3.77. The summed E-state index contributed by atoms with van der Waals surface area (Å²) in [4.78, 5) is 46.6. The maximum Gasteiger partial charge on any atom is 0.341 e. The van der Waals surface area contributed by atoms with Crippen LogP contribution in [0.1, 0.15) is 20.7 Å². The molecule has 0 radical (unpaired) electrons. The molecule has 0 fully saturated rings. The van der Waals surface area contributed by atoms with Crippen molar-refractivity contribution < 1.29 is 24.2 Å². The summed E-state index contributed by atoms with van der Waals surface area (Å²) >= 11 is 0. The molecule has 1 aromatic carbocycles. The number of carboxylic acids is 1. The van der Waals surface area contributed by atoms with E-state index in [-0.39, 0.29) is 22.4 Å². The number of ether oxygens (including phenoxy) is 1. The first kappa shape index (κ1) is 17.9. The van der Waals surface area contributed by atoms with E-state index in [1.165, 1.54) is 36.2 Å².